The van der Waals surface area contributed by atoms with Crippen LogP contribution >= 0.6 is 0 Å². The SMILES string of the molecule is CC1(C)OB(c2ccc(-c3ccc(-c4ccc(-c5cnc(C6CC7CC7N6)[nH]5)cc4)c4c3C3CCC4C3)c3c2C2CCC3C2)OC1(C)C. The van der Waals surface area contributed by atoms with Gasteiger partial charge in [0.2, 0.25) is 0 Å². The van der Waals surface area contributed by atoms with Crippen LogP contribution in [0.4, 0.5) is 0 Å². The van der Waals surface area contributed by atoms with E-state index in [1.165, 1.54) is 84.6 Å². The van der Waals surface area contributed by atoms with E-state index < -0.39 is 0 Å². The Morgan fingerprint density at radius 3 is 1.85 bits per heavy atom. The number of piperidine rings is 1. The van der Waals surface area contributed by atoms with E-state index in [2.05, 4.69) is 86.5 Å². The molecule has 244 valence electrons. The van der Waals surface area contributed by atoms with Gasteiger partial charge in [0.05, 0.1) is 29.1 Å². The number of hydrogen-bond donors (Lipinski definition) is 2. The van der Waals surface area contributed by atoms with Crippen molar-refractivity contribution < 1.29 is 9.31 Å². The second kappa shape index (κ2) is 9.74. The highest BCUT2D eigenvalue weighted by atomic mass is 16.7. The molecule has 2 saturated heterocycles. The Labute approximate surface area is 284 Å². The first-order chi connectivity index (χ1) is 23.2. The number of nitrogens with one attached hydrogen (secondary N) is 2. The second-order valence-electron chi connectivity index (χ2n) is 17.3. The van der Waals surface area contributed by atoms with Crippen molar-refractivity contribution in [3.63, 3.8) is 0 Å². The molecule has 4 aromatic rings. The van der Waals surface area contributed by atoms with Crippen molar-refractivity contribution in [2.75, 3.05) is 0 Å². The predicted octanol–water partition coefficient (Wildman–Crippen LogP) is 8.86. The molecule has 5 fully saturated rings. The Kier molecular flexibility index (Phi) is 5.81. The normalized spacial score (nSPS) is 32.6. The topological polar surface area (TPSA) is 59.2 Å². The summed E-state index contributed by atoms with van der Waals surface area (Å²) in [6.07, 6.45) is 12.4. The minimum absolute atomic E-state index is 0.289. The molecule has 5 nitrogen and oxygen atoms in total. The minimum atomic E-state index is -0.330. The van der Waals surface area contributed by atoms with Crippen LogP contribution in [0.15, 0.2) is 54.7 Å². The molecule has 6 heteroatoms. The number of H-pyrrole nitrogens is 1. The summed E-state index contributed by atoms with van der Waals surface area (Å²) in [6, 6.07) is 20.1. The van der Waals surface area contributed by atoms with Crippen LogP contribution in [-0.2, 0) is 9.31 Å². The number of benzene rings is 3. The van der Waals surface area contributed by atoms with Crippen molar-refractivity contribution in [2.45, 2.75) is 126 Å². The third-order valence-electron chi connectivity index (χ3n) is 14.2. The largest absolute Gasteiger partial charge is 0.495 e. The molecule has 7 unspecified atom stereocenters. The summed E-state index contributed by atoms with van der Waals surface area (Å²) >= 11 is 0. The Balaban J connectivity index is 0.963. The summed E-state index contributed by atoms with van der Waals surface area (Å²) in [6.45, 7) is 8.69. The monoisotopic (exact) mass is 635 g/mol. The first-order valence-electron chi connectivity index (χ1n) is 18.8. The molecule has 48 heavy (non-hydrogen) atoms. The van der Waals surface area contributed by atoms with E-state index in [9.17, 15) is 0 Å². The van der Waals surface area contributed by atoms with Crippen LogP contribution in [0.5, 0.6) is 0 Å². The average molecular weight is 636 g/mol. The first kappa shape index (κ1) is 28.6. The van der Waals surface area contributed by atoms with E-state index in [0.29, 0.717) is 29.7 Å². The maximum atomic E-state index is 6.64. The zero-order valence-electron chi connectivity index (χ0n) is 28.7. The molecule has 0 spiro atoms. The lowest BCUT2D eigenvalue weighted by Crippen LogP contribution is -2.41. The van der Waals surface area contributed by atoms with E-state index in [0.717, 1.165) is 23.5 Å². The molecule has 3 saturated carbocycles. The number of imidazole rings is 1. The first-order valence-corrected chi connectivity index (χ1v) is 18.8. The maximum absolute atomic E-state index is 6.64. The minimum Gasteiger partial charge on any atom is -0.399 e. The van der Waals surface area contributed by atoms with Crippen LogP contribution in [0.25, 0.3) is 33.5 Å². The second-order valence-corrected chi connectivity index (χ2v) is 17.3. The van der Waals surface area contributed by atoms with E-state index in [1.807, 2.05) is 6.20 Å². The smallest absolute Gasteiger partial charge is 0.399 e. The summed E-state index contributed by atoms with van der Waals surface area (Å²) in [5, 5.41) is 3.73. The highest BCUT2D eigenvalue weighted by Gasteiger charge is 2.54. The molecule has 5 aliphatic carbocycles. The van der Waals surface area contributed by atoms with Gasteiger partial charge in [0.1, 0.15) is 5.82 Å². The van der Waals surface area contributed by atoms with Gasteiger partial charge in [-0.05, 0) is 164 Å². The van der Waals surface area contributed by atoms with Crippen molar-refractivity contribution >= 4 is 12.6 Å². The molecule has 0 radical (unpaired) electrons. The van der Waals surface area contributed by atoms with Crippen LogP contribution in [-0.4, -0.2) is 34.3 Å². The Morgan fingerprint density at radius 2 is 1.21 bits per heavy atom. The Hall–Kier alpha value is -3.19. The summed E-state index contributed by atoms with van der Waals surface area (Å²) in [7, 11) is -0.289. The van der Waals surface area contributed by atoms with Crippen molar-refractivity contribution in [1.29, 1.82) is 0 Å². The summed E-state index contributed by atoms with van der Waals surface area (Å²) in [5.41, 5.74) is 15.2. The van der Waals surface area contributed by atoms with Crippen LogP contribution in [0.2, 0.25) is 0 Å². The third-order valence-corrected chi connectivity index (χ3v) is 14.2. The number of aromatic amines is 1. The lowest BCUT2D eigenvalue weighted by atomic mass is 9.69. The van der Waals surface area contributed by atoms with Crippen molar-refractivity contribution in [3.05, 3.63) is 82.8 Å². The van der Waals surface area contributed by atoms with Gasteiger partial charge < -0.3 is 19.6 Å². The molecule has 0 amide bonds. The lowest BCUT2D eigenvalue weighted by molar-refractivity contribution is 0.00578. The van der Waals surface area contributed by atoms with E-state index in [1.54, 1.807) is 22.3 Å². The van der Waals surface area contributed by atoms with Gasteiger partial charge in [0.15, 0.2) is 0 Å². The summed E-state index contributed by atoms with van der Waals surface area (Å²) in [5.74, 6) is 4.59. The average Bonchev–Trinajstić information content (AvgIpc) is 3.85. The fourth-order valence-electron chi connectivity index (χ4n) is 11.0. The third kappa shape index (κ3) is 4.00. The van der Waals surface area contributed by atoms with Gasteiger partial charge in [0, 0.05) is 6.04 Å². The highest BCUT2D eigenvalue weighted by Crippen LogP contribution is 2.61. The quantitative estimate of drug-likeness (QED) is 0.215. The number of aromatic nitrogens is 2. The van der Waals surface area contributed by atoms with Gasteiger partial charge in [0.25, 0.3) is 0 Å². The molecule has 4 bridgehead atoms. The molecule has 3 heterocycles. The lowest BCUT2D eigenvalue weighted by Gasteiger charge is -2.32. The van der Waals surface area contributed by atoms with Crippen LogP contribution in [0.1, 0.15) is 137 Å². The zero-order valence-corrected chi connectivity index (χ0v) is 28.7. The molecular formula is C42H46BN3O2. The van der Waals surface area contributed by atoms with E-state index in [-0.39, 0.29) is 18.3 Å². The van der Waals surface area contributed by atoms with Crippen LogP contribution in [0, 0.1) is 5.92 Å². The Morgan fingerprint density at radius 1 is 0.646 bits per heavy atom. The van der Waals surface area contributed by atoms with Gasteiger partial charge in [-0.25, -0.2) is 4.98 Å². The molecule has 1 aromatic heterocycles. The van der Waals surface area contributed by atoms with E-state index >= 15 is 0 Å². The van der Waals surface area contributed by atoms with Crippen LogP contribution in [0.3, 0.4) is 0 Å². The van der Waals surface area contributed by atoms with Gasteiger partial charge in [-0.3, -0.25) is 0 Å². The number of hydrogen-bond acceptors (Lipinski definition) is 4. The van der Waals surface area contributed by atoms with E-state index in [4.69, 9.17) is 14.3 Å². The molecule has 11 rings (SSSR count). The number of nitrogens with zero attached hydrogens (tertiary/aromatic N) is 1. The zero-order chi connectivity index (χ0) is 32.1. The molecule has 7 atom stereocenters. The van der Waals surface area contributed by atoms with Crippen molar-refractivity contribution in [3.8, 4) is 33.5 Å². The number of rotatable bonds is 5. The fourth-order valence-corrected chi connectivity index (χ4v) is 11.0. The van der Waals surface area contributed by atoms with Crippen LogP contribution < -0.4 is 10.8 Å². The summed E-state index contributed by atoms with van der Waals surface area (Å²) in [4.78, 5) is 8.40. The Bertz CT molecular complexity index is 1970. The van der Waals surface area contributed by atoms with Gasteiger partial charge in [-0.1, -0.05) is 48.5 Å². The number of fused-ring (bicyclic) bond motifs is 11. The molecule has 3 aromatic carbocycles. The molecule has 7 aliphatic rings. The molecule has 2 N–H and O–H groups in total. The standard InChI is InChI=1S/C42H46BN3O2/c1-41(2)42(3,4)48-43(47-41)32-16-15-31(38-26-11-12-27(18-26)39(32)38)30-14-13-29(36-24-9-10-25(17-24)37(30)36)22-5-7-23(8-6-22)35-21-44-40(46-35)34-20-28-19-33(28)45-34/h5-8,13-16,21,24-28,33-34,45H,9-12,17-20H2,1-4H3,(H,44,46). The maximum Gasteiger partial charge on any atom is 0.495 e. The van der Waals surface area contributed by atoms with Gasteiger partial charge >= 0.3 is 7.12 Å². The predicted molar refractivity (Wildman–Crippen MR) is 192 cm³/mol. The molecular weight excluding hydrogens is 589 g/mol. The van der Waals surface area contributed by atoms with Crippen molar-refractivity contribution in [1.82, 2.24) is 15.3 Å². The van der Waals surface area contributed by atoms with Crippen molar-refractivity contribution in [2.24, 2.45) is 5.92 Å². The summed E-state index contributed by atoms with van der Waals surface area (Å²) < 4.78 is 13.3. The van der Waals surface area contributed by atoms with Gasteiger partial charge in [-0.2, -0.15) is 0 Å². The fraction of sp³-hybridized carbons (Fsp3) is 0.500. The highest BCUT2D eigenvalue weighted by molar-refractivity contribution is 6.62. The van der Waals surface area contributed by atoms with Gasteiger partial charge in [-0.15, -0.1) is 0 Å². The molecule has 2 aliphatic heterocycles.